The van der Waals surface area contributed by atoms with Crippen molar-refractivity contribution in [2.24, 2.45) is 0 Å². The van der Waals surface area contributed by atoms with E-state index in [2.05, 4.69) is 27.8 Å². The van der Waals surface area contributed by atoms with Crippen LogP contribution in [-0.4, -0.2) is 39.5 Å². The molecule has 5 heteroatoms. The second-order valence-corrected chi connectivity index (χ2v) is 7.47. The van der Waals surface area contributed by atoms with Crippen molar-refractivity contribution >= 4 is 16.9 Å². The molecule has 0 spiro atoms. The van der Waals surface area contributed by atoms with Gasteiger partial charge in [0.25, 0.3) is 5.91 Å². The third kappa shape index (κ3) is 3.43. The maximum Gasteiger partial charge on any atom is 0.251 e. The maximum absolute atomic E-state index is 12.6. The van der Waals surface area contributed by atoms with Crippen LogP contribution in [0.15, 0.2) is 18.2 Å². The van der Waals surface area contributed by atoms with Gasteiger partial charge in [-0.15, -0.1) is 0 Å². The van der Waals surface area contributed by atoms with E-state index in [-0.39, 0.29) is 5.91 Å². The molecule has 0 unspecified atom stereocenters. The van der Waals surface area contributed by atoms with Crippen molar-refractivity contribution in [3.63, 3.8) is 0 Å². The molecule has 0 atom stereocenters. The molecule has 1 amide bonds. The quantitative estimate of drug-likeness (QED) is 0.929. The van der Waals surface area contributed by atoms with E-state index in [1.54, 1.807) is 0 Å². The fourth-order valence-corrected chi connectivity index (χ4v) is 4.23. The topological polar surface area (TPSA) is 50.2 Å². The van der Waals surface area contributed by atoms with E-state index in [1.165, 1.54) is 25.7 Å². The van der Waals surface area contributed by atoms with E-state index in [9.17, 15) is 4.79 Å². The summed E-state index contributed by atoms with van der Waals surface area (Å²) in [7, 11) is 0. The van der Waals surface area contributed by atoms with Crippen LogP contribution in [0, 0.1) is 0 Å². The predicted molar refractivity (Wildman–Crippen MR) is 99.6 cm³/mol. The lowest BCUT2D eigenvalue weighted by Gasteiger charge is -2.27. The Morgan fingerprint density at radius 2 is 2.08 bits per heavy atom. The van der Waals surface area contributed by atoms with E-state index in [4.69, 9.17) is 4.98 Å². The summed E-state index contributed by atoms with van der Waals surface area (Å²) in [5, 5.41) is 3.20. The lowest BCUT2D eigenvalue weighted by molar-refractivity contribution is 0.0928. The standard InChI is InChI=1S/C20H28N4O/c1-2-10-23-11-12-24-18-9-8-15(13-17(18)22-19(24)14-23)20(25)21-16-6-4-3-5-7-16/h8-9,13,16H,2-7,10-12,14H2,1H3,(H,21,25). The fourth-order valence-electron chi connectivity index (χ4n) is 4.23. The van der Waals surface area contributed by atoms with E-state index in [1.807, 2.05) is 12.1 Å². The van der Waals surface area contributed by atoms with Crippen LogP contribution in [0.25, 0.3) is 11.0 Å². The van der Waals surface area contributed by atoms with E-state index < -0.39 is 0 Å². The third-order valence-corrected chi connectivity index (χ3v) is 5.57. The van der Waals surface area contributed by atoms with Gasteiger partial charge in [0.15, 0.2) is 0 Å². The molecule has 0 saturated heterocycles. The first-order valence-electron chi connectivity index (χ1n) is 9.77. The Morgan fingerprint density at radius 3 is 2.88 bits per heavy atom. The molecule has 1 saturated carbocycles. The SMILES string of the molecule is CCCN1CCn2c(nc3cc(C(=O)NC4CCCCC4)ccc32)C1. The maximum atomic E-state index is 12.6. The smallest absolute Gasteiger partial charge is 0.251 e. The number of nitrogens with one attached hydrogen (secondary N) is 1. The van der Waals surface area contributed by atoms with Gasteiger partial charge in [-0.05, 0) is 44.0 Å². The lowest BCUT2D eigenvalue weighted by Crippen LogP contribution is -2.36. The first kappa shape index (κ1) is 16.6. The van der Waals surface area contributed by atoms with Crippen molar-refractivity contribution in [1.82, 2.24) is 19.8 Å². The molecule has 134 valence electrons. The Labute approximate surface area is 149 Å². The van der Waals surface area contributed by atoms with Gasteiger partial charge in [0, 0.05) is 24.7 Å². The molecule has 0 radical (unpaired) electrons. The minimum atomic E-state index is 0.0485. The molecule has 1 aliphatic heterocycles. The van der Waals surface area contributed by atoms with Crippen LogP contribution in [0.3, 0.4) is 0 Å². The van der Waals surface area contributed by atoms with Crippen molar-refractivity contribution in [2.45, 2.75) is 64.6 Å². The molecule has 5 nitrogen and oxygen atoms in total. The molecule has 0 bridgehead atoms. The van der Waals surface area contributed by atoms with Crippen LogP contribution in [0.1, 0.15) is 61.6 Å². The summed E-state index contributed by atoms with van der Waals surface area (Å²) in [6, 6.07) is 6.32. The number of rotatable bonds is 4. The van der Waals surface area contributed by atoms with Gasteiger partial charge in [0.05, 0.1) is 17.6 Å². The highest BCUT2D eigenvalue weighted by Crippen LogP contribution is 2.23. The summed E-state index contributed by atoms with van der Waals surface area (Å²) in [4.78, 5) is 19.9. The van der Waals surface area contributed by atoms with Crippen LogP contribution in [0.5, 0.6) is 0 Å². The van der Waals surface area contributed by atoms with Gasteiger partial charge in [0.2, 0.25) is 0 Å². The van der Waals surface area contributed by atoms with Crippen molar-refractivity contribution in [1.29, 1.82) is 0 Å². The molecule has 2 heterocycles. The zero-order chi connectivity index (χ0) is 17.2. The number of aromatic nitrogens is 2. The van der Waals surface area contributed by atoms with Gasteiger partial charge in [-0.1, -0.05) is 26.2 Å². The van der Waals surface area contributed by atoms with Crippen LogP contribution in [0.2, 0.25) is 0 Å². The normalized spacial score (nSPS) is 19.1. The summed E-state index contributed by atoms with van der Waals surface area (Å²) >= 11 is 0. The molecule has 1 N–H and O–H groups in total. The van der Waals surface area contributed by atoms with Gasteiger partial charge in [-0.25, -0.2) is 4.98 Å². The number of imidazole rings is 1. The van der Waals surface area contributed by atoms with Crippen LogP contribution in [-0.2, 0) is 13.1 Å². The number of carbonyl (C=O) groups excluding carboxylic acids is 1. The zero-order valence-electron chi connectivity index (χ0n) is 15.1. The molecule has 25 heavy (non-hydrogen) atoms. The minimum Gasteiger partial charge on any atom is -0.349 e. The first-order chi connectivity index (χ1) is 12.2. The van der Waals surface area contributed by atoms with Crippen molar-refractivity contribution in [3.05, 3.63) is 29.6 Å². The van der Waals surface area contributed by atoms with Crippen molar-refractivity contribution in [2.75, 3.05) is 13.1 Å². The van der Waals surface area contributed by atoms with E-state index >= 15 is 0 Å². The van der Waals surface area contributed by atoms with Crippen molar-refractivity contribution in [3.8, 4) is 0 Å². The second-order valence-electron chi connectivity index (χ2n) is 7.47. The molecule has 1 aromatic carbocycles. The largest absolute Gasteiger partial charge is 0.349 e. The van der Waals surface area contributed by atoms with Gasteiger partial charge >= 0.3 is 0 Å². The zero-order valence-corrected chi connectivity index (χ0v) is 15.1. The van der Waals surface area contributed by atoms with Crippen LogP contribution in [0.4, 0.5) is 0 Å². The predicted octanol–water partition coefficient (Wildman–Crippen LogP) is 3.32. The first-order valence-corrected chi connectivity index (χ1v) is 9.77. The Kier molecular flexibility index (Phi) is 4.75. The number of nitrogens with zero attached hydrogens (tertiary/aromatic N) is 3. The number of benzene rings is 1. The Morgan fingerprint density at radius 1 is 1.24 bits per heavy atom. The van der Waals surface area contributed by atoms with E-state index in [0.29, 0.717) is 6.04 Å². The lowest BCUT2D eigenvalue weighted by atomic mass is 9.95. The Hall–Kier alpha value is -1.88. The number of hydrogen-bond acceptors (Lipinski definition) is 3. The molecule has 4 rings (SSSR count). The average Bonchev–Trinajstić information content (AvgIpc) is 2.99. The summed E-state index contributed by atoms with van der Waals surface area (Å²) in [5.41, 5.74) is 2.84. The molecular weight excluding hydrogens is 312 g/mol. The van der Waals surface area contributed by atoms with Gasteiger partial charge in [-0.2, -0.15) is 0 Å². The number of hydrogen-bond donors (Lipinski definition) is 1. The molecule has 1 aliphatic carbocycles. The van der Waals surface area contributed by atoms with Crippen molar-refractivity contribution < 1.29 is 4.79 Å². The van der Waals surface area contributed by atoms with Gasteiger partial charge in [-0.3, -0.25) is 9.69 Å². The Balaban J connectivity index is 1.53. The average molecular weight is 340 g/mol. The fraction of sp³-hybridized carbons (Fsp3) is 0.600. The highest BCUT2D eigenvalue weighted by Gasteiger charge is 2.21. The summed E-state index contributed by atoms with van der Waals surface area (Å²) < 4.78 is 2.31. The monoisotopic (exact) mass is 340 g/mol. The summed E-state index contributed by atoms with van der Waals surface area (Å²) in [6.45, 7) is 6.31. The van der Waals surface area contributed by atoms with Gasteiger partial charge in [0.1, 0.15) is 5.82 Å². The van der Waals surface area contributed by atoms with E-state index in [0.717, 1.165) is 61.4 Å². The summed E-state index contributed by atoms with van der Waals surface area (Å²) in [6.07, 6.45) is 7.15. The van der Waals surface area contributed by atoms with Gasteiger partial charge < -0.3 is 9.88 Å². The Bertz CT molecular complexity index is 760. The van der Waals surface area contributed by atoms with Crippen LogP contribution < -0.4 is 5.32 Å². The molecule has 2 aromatic rings. The highest BCUT2D eigenvalue weighted by molar-refractivity contribution is 5.97. The second kappa shape index (κ2) is 7.16. The summed E-state index contributed by atoms with van der Waals surface area (Å²) in [5.74, 6) is 1.17. The molecule has 2 aliphatic rings. The number of carbonyl (C=O) groups is 1. The minimum absolute atomic E-state index is 0.0485. The number of fused-ring (bicyclic) bond motifs is 3. The molecule has 1 aromatic heterocycles. The molecular formula is C20H28N4O. The van der Waals surface area contributed by atoms with Crippen LogP contribution >= 0.6 is 0 Å². The highest BCUT2D eigenvalue weighted by atomic mass is 16.1. The third-order valence-electron chi connectivity index (χ3n) is 5.57. The number of amides is 1. The molecule has 1 fully saturated rings.